The highest BCUT2D eigenvalue weighted by Crippen LogP contribution is 2.30. The van der Waals surface area contributed by atoms with Gasteiger partial charge in [0.25, 0.3) is 5.56 Å². The molecule has 0 atom stereocenters. The molecule has 0 unspecified atom stereocenters. The molecule has 0 bridgehead atoms. The smallest absolute Gasteiger partial charge is 0.284 e. The number of fused-ring (bicyclic) bond motifs is 3. The molecule has 0 spiro atoms. The average molecular weight is 461 g/mol. The Kier molecular flexibility index (Phi) is 6.00. The van der Waals surface area contributed by atoms with Crippen molar-refractivity contribution < 1.29 is 9.53 Å². The van der Waals surface area contributed by atoms with Gasteiger partial charge >= 0.3 is 0 Å². The summed E-state index contributed by atoms with van der Waals surface area (Å²) in [6.45, 7) is 0.782. The lowest BCUT2D eigenvalue weighted by Crippen LogP contribution is -2.19. The maximum Gasteiger partial charge on any atom is 0.284 e. The summed E-state index contributed by atoms with van der Waals surface area (Å²) in [4.78, 5) is 30.9. The Bertz CT molecular complexity index is 1330. The maximum atomic E-state index is 13.3. The fraction of sp³-hybridized carbons (Fsp3) is 0.280. The second kappa shape index (κ2) is 9.23. The molecule has 33 heavy (non-hydrogen) atoms. The van der Waals surface area contributed by atoms with Gasteiger partial charge in [0.2, 0.25) is 0 Å². The van der Waals surface area contributed by atoms with Crippen LogP contribution in [0.2, 0.25) is 0 Å². The highest BCUT2D eigenvalue weighted by molar-refractivity contribution is 7.99. The highest BCUT2D eigenvalue weighted by Gasteiger charge is 2.27. The normalized spacial score (nSPS) is 13.5. The second-order valence-corrected chi connectivity index (χ2v) is 8.94. The minimum Gasteiger partial charge on any atom is -0.497 e. The molecule has 0 aromatic heterocycles. The largest absolute Gasteiger partial charge is 0.497 e. The van der Waals surface area contributed by atoms with E-state index in [9.17, 15) is 9.59 Å². The molecule has 0 aliphatic carbocycles. The van der Waals surface area contributed by atoms with Crippen LogP contribution in [-0.2, 0) is 13.0 Å². The minimum atomic E-state index is -0.140. The highest BCUT2D eigenvalue weighted by atomic mass is 32.2. The van der Waals surface area contributed by atoms with Crippen molar-refractivity contribution in [3.63, 3.8) is 0 Å². The van der Waals surface area contributed by atoms with E-state index in [4.69, 9.17) is 9.72 Å². The summed E-state index contributed by atoms with van der Waals surface area (Å²) in [6, 6.07) is 16.6. The number of Topliss-reactive ketones (excluding diaryl/α,β-unsaturated/α-hetero) is 1. The first kappa shape index (κ1) is 21.5. The Morgan fingerprint density at radius 2 is 1.94 bits per heavy atom. The van der Waals surface area contributed by atoms with E-state index in [1.54, 1.807) is 19.2 Å². The predicted molar refractivity (Wildman–Crippen MR) is 128 cm³/mol. The molecule has 2 aromatic rings. The summed E-state index contributed by atoms with van der Waals surface area (Å²) < 4.78 is 8.79. The number of carbonyl (C=O) groups is 1. The lowest BCUT2D eigenvalue weighted by molar-refractivity contribution is 0.102. The third-order valence-electron chi connectivity index (χ3n) is 5.89. The predicted octanol–water partition coefficient (Wildman–Crippen LogP) is 4.24. The van der Waals surface area contributed by atoms with Gasteiger partial charge in [-0.3, -0.25) is 9.59 Å². The number of aromatic nitrogens is 4. The van der Waals surface area contributed by atoms with Gasteiger partial charge in [-0.15, -0.1) is 5.10 Å². The third-order valence-corrected chi connectivity index (χ3v) is 6.87. The third kappa shape index (κ3) is 4.18. The van der Waals surface area contributed by atoms with Crippen LogP contribution in [0.4, 0.5) is 0 Å². The van der Waals surface area contributed by atoms with Crippen LogP contribution in [0.15, 0.2) is 64.5 Å². The fourth-order valence-electron chi connectivity index (χ4n) is 4.22. The van der Waals surface area contributed by atoms with Crippen LogP contribution in [0.1, 0.15) is 35.3 Å². The SMILES string of the molecule is COc1cccc(C(=O)CSc2nc3nn(-c4ccccc4)c(=O)c-3c3n2CCCCC3)c1. The van der Waals surface area contributed by atoms with Gasteiger partial charge in [-0.25, -0.2) is 4.98 Å². The van der Waals surface area contributed by atoms with Crippen LogP contribution in [0.25, 0.3) is 17.1 Å². The summed E-state index contributed by atoms with van der Waals surface area (Å²) in [7, 11) is 1.59. The van der Waals surface area contributed by atoms with Crippen LogP contribution >= 0.6 is 11.8 Å². The van der Waals surface area contributed by atoms with E-state index in [0.29, 0.717) is 22.7 Å². The van der Waals surface area contributed by atoms with Crippen molar-refractivity contribution in [3.05, 3.63) is 76.2 Å². The number of ether oxygens (including phenoxy) is 1. The molecule has 3 aliphatic rings. The van der Waals surface area contributed by atoms with Gasteiger partial charge < -0.3 is 9.30 Å². The molecule has 2 aromatic carbocycles. The zero-order chi connectivity index (χ0) is 22.8. The summed E-state index contributed by atoms with van der Waals surface area (Å²) in [5.41, 5.74) is 2.74. The summed E-state index contributed by atoms with van der Waals surface area (Å²) >= 11 is 1.40. The maximum absolute atomic E-state index is 13.3. The second-order valence-electron chi connectivity index (χ2n) is 8.00. The molecule has 0 radical (unpaired) electrons. The lowest BCUT2D eigenvalue weighted by atomic mass is 10.1. The molecule has 3 heterocycles. The van der Waals surface area contributed by atoms with Crippen LogP contribution < -0.4 is 10.3 Å². The van der Waals surface area contributed by atoms with Crippen molar-refractivity contribution in [1.82, 2.24) is 19.3 Å². The number of ketones is 1. The minimum absolute atomic E-state index is 0.00287. The fourth-order valence-corrected chi connectivity index (χ4v) is 5.15. The van der Waals surface area contributed by atoms with E-state index in [2.05, 4.69) is 9.67 Å². The number of carbonyl (C=O) groups excluding carboxylic acids is 1. The number of para-hydroxylation sites is 1. The number of hydrogen-bond donors (Lipinski definition) is 0. The topological polar surface area (TPSA) is 79.0 Å². The number of nitrogens with zero attached hydrogens (tertiary/aromatic N) is 4. The van der Waals surface area contributed by atoms with Crippen molar-refractivity contribution in [2.75, 3.05) is 12.9 Å². The van der Waals surface area contributed by atoms with Crippen molar-refractivity contribution in [2.24, 2.45) is 0 Å². The Morgan fingerprint density at radius 1 is 1.09 bits per heavy atom. The van der Waals surface area contributed by atoms with Gasteiger partial charge in [0.15, 0.2) is 16.8 Å². The first-order chi connectivity index (χ1) is 16.2. The lowest BCUT2D eigenvalue weighted by Gasteiger charge is -2.17. The summed E-state index contributed by atoms with van der Waals surface area (Å²) in [6.07, 6.45) is 3.92. The molecule has 3 aliphatic heterocycles. The van der Waals surface area contributed by atoms with Crippen LogP contribution in [0.3, 0.4) is 0 Å². The van der Waals surface area contributed by atoms with Crippen molar-refractivity contribution in [3.8, 4) is 22.8 Å². The van der Waals surface area contributed by atoms with Gasteiger partial charge in [-0.2, -0.15) is 4.68 Å². The van der Waals surface area contributed by atoms with Crippen LogP contribution in [-0.4, -0.2) is 38.0 Å². The Labute approximate surface area is 195 Å². The quantitative estimate of drug-likeness (QED) is 0.243. The van der Waals surface area contributed by atoms with E-state index in [1.807, 2.05) is 42.5 Å². The molecule has 0 saturated heterocycles. The van der Waals surface area contributed by atoms with E-state index in [-0.39, 0.29) is 17.1 Å². The zero-order valence-corrected chi connectivity index (χ0v) is 19.2. The molecule has 7 nitrogen and oxygen atoms in total. The van der Waals surface area contributed by atoms with Gasteiger partial charge in [0, 0.05) is 17.8 Å². The van der Waals surface area contributed by atoms with Crippen molar-refractivity contribution >= 4 is 17.5 Å². The average Bonchev–Trinajstić information content (AvgIpc) is 3.02. The number of methoxy groups -OCH3 is 1. The van der Waals surface area contributed by atoms with E-state index in [1.165, 1.54) is 16.4 Å². The van der Waals surface area contributed by atoms with E-state index >= 15 is 0 Å². The first-order valence-corrected chi connectivity index (χ1v) is 12.0. The molecule has 8 heteroatoms. The molecule has 0 saturated carbocycles. The molecule has 0 amide bonds. The van der Waals surface area contributed by atoms with Gasteiger partial charge in [-0.05, 0) is 43.5 Å². The molecule has 168 valence electrons. The summed E-state index contributed by atoms with van der Waals surface area (Å²) in [5.74, 6) is 1.34. The van der Waals surface area contributed by atoms with Crippen molar-refractivity contribution in [1.29, 1.82) is 0 Å². The Balaban J connectivity index is 1.53. The number of hydrogen-bond acceptors (Lipinski definition) is 6. The molecular formula is C25H24N4O3S. The number of thioether (sulfide) groups is 1. The molecule has 0 fully saturated rings. The Morgan fingerprint density at radius 3 is 2.76 bits per heavy atom. The van der Waals surface area contributed by atoms with E-state index < -0.39 is 0 Å². The number of rotatable bonds is 6. The van der Waals surface area contributed by atoms with Crippen molar-refractivity contribution in [2.45, 2.75) is 37.4 Å². The standard InChI is InChI=1S/C25H24N4O3S/c1-32-19-12-8-9-17(15-19)21(30)16-33-25-26-23-22(20-13-6-3-7-14-28(20)25)24(31)29(27-23)18-10-4-2-5-11-18/h2,4-5,8-12,15H,3,6-7,13-14,16H2,1H3. The zero-order valence-electron chi connectivity index (χ0n) is 18.4. The summed E-state index contributed by atoms with van der Waals surface area (Å²) in [5, 5.41) is 5.28. The monoisotopic (exact) mass is 460 g/mol. The van der Waals surface area contributed by atoms with Crippen LogP contribution in [0.5, 0.6) is 5.75 Å². The number of benzene rings is 2. The van der Waals surface area contributed by atoms with Gasteiger partial charge in [0.05, 0.1) is 18.6 Å². The molecule has 0 N–H and O–H groups in total. The Hall–Kier alpha value is -3.39. The van der Waals surface area contributed by atoms with Gasteiger partial charge in [-0.1, -0.05) is 48.5 Å². The first-order valence-electron chi connectivity index (χ1n) is 11.0. The molecular weight excluding hydrogens is 436 g/mol. The van der Waals surface area contributed by atoms with E-state index in [0.717, 1.165) is 48.8 Å². The molecule has 5 rings (SSSR count). The van der Waals surface area contributed by atoms with Crippen LogP contribution in [0, 0.1) is 0 Å². The van der Waals surface area contributed by atoms with Gasteiger partial charge in [0.1, 0.15) is 11.3 Å².